The normalized spacial score (nSPS) is 12.8. The monoisotopic (exact) mass is 352 g/mol. The summed E-state index contributed by atoms with van der Waals surface area (Å²) in [5.74, 6) is 0.0808. The van der Waals surface area contributed by atoms with E-state index < -0.39 is 11.9 Å². The molecular formula is C18H23F3N4. The number of halogens is 3. The zero-order chi connectivity index (χ0) is 18.8. The Hall–Kier alpha value is -2.31. The topological polar surface area (TPSA) is 49.8 Å². The largest absolute Gasteiger partial charge is 0.433 e. The summed E-state index contributed by atoms with van der Waals surface area (Å²) < 4.78 is 39.5. The Morgan fingerprint density at radius 2 is 1.64 bits per heavy atom. The van der Waals surface area contributed by atoms with Crippen molar-refractivity contribution >= 4 is 17.5 Å². The van der Waals surface area contributed by atoms with Gasteiger partial charge in [0.15, 0.2) is 5.69 Å². The summed E-state index contributed by atoms with van der Waals surface area (Å²) in [4.78, 5) is 7.81. The summed E-state index contributed by atoms with van der Waals surface area (Å²) in [6.45, 7) is 9.60. The molecule has 4 nitrogen and oxygen atoms in total. The minimum Gasteiger partial charge on any atom is -0.352 e. The summed E-state index contributed by atoms with van der Waals surface area (Å²) in [5.41, 5.74) is 2.77. The predicted octanol–water partition coefficient (Wildman–Crippen LogP) is 5.37. The number of hydrogen-bond donors (Lipinski definition) is 2. The fourth-order valence-corrected chi connectivity index (χ4v) is 2.55. The van der Waals surface area contributed by atoms with Crippen molar-refractivity contribution in [3.8, 4) is 0 Å². The molecule has 25 heavy (non-hydrogen) atoms. The van der Waals surface area contributed by atoms with Gasteiger partial charge in [-0.3, -0.25) is 0 Å². The zero-order valence-electron chi connectivity index (χ0n) is 15.0. The van der Waals surface area contributed by atoms with E-state index in [-0.39, 0.29) is 17.8 Å². The van der Waals surface area contributed by atoms with Gasteiger partial charge >= 0.3 is 6.18 Å². The Bertz CT molecular complexity index is 733. The maximum atomic E-state index is 13.2. The SMILES string of the molecule is CC[C@@H](C)Nc1nc(Nc2c(C)cc(C)cc2C)cc(C(F)(F)F)n1. The first-order valence-corrected chi connectivity index (χ1v) is 8.17. The number of hydrogen-bond acceptors (Lipinski definition) is 4. The lowest BCUT2D eigenvalue weighted by Crippen LogP contribution is -2.19. The van der Waals surface area contributed by atoms with Crippen molar-refractivity contribution in [1.82, 2.24) is 9.97 Å². The van der Waals surface area contributed by atoms with Crippen LogP contribution in [0.15, 0.2) is 18.2 Å². The molecule has 0 radical (unpaired) electrons. The maximum absolute atomic E-state index is 13.2. The number of nitrogens with zero attached hydrogens (tertiary/aromatic N) is 2. The van der Waals surface area contributed by atoms with Crippen LogP contribution >= 0.6 is 0 Å². The van der Waals surface area contributed by atoms with Gasteiger partial charge in [-0.25, -0.2) is 4.98 Å². The van der Waals surface area contributed by atoms with Crippen molar-refractivity contribution in [2.24, 2.45) is 0 Å². The van der Waals surface area contributed by atoms with Gasteiger partial charge in [0.2, 0.25) is 5.95 Å². The van der Waals surface area contributed by atoms with Gasteiger partial charge in [-0.2, -0.15) is 18.2 Å². The van der Waals surface area contributed by atoms with Crippen LogP contribution in [0.3, 0.4) is 0 Å². The number of benzene rings is 1. The van der Waals surface area contributed by atoms with Crippen molar-refractivity contribution in [2.75, 3.05) is 10.6 Å². The molecule has 1 aromatic carbocycles. The Morgan fingerprint density at radius 3 is 2.16 bits per heavy atom. The Morgan fingerprint density at radius 1 is 1.04 bits per heavy atom. The molecule has 7 heteroatoms. The van der Waals surface area contributed by atoms with Gasteiger partial charge in [-0.1, -0.05) is 24.6 Å². The van der Waals surface area contributed by atoms with E-state index in [0.717, 1.165) is 34.9 Å². The lowest BCUT2D eigenvalue weighted by Gasteiger charge is -2.17. The highest BCUT2D eigenvalue weighted by atomic mass is 19.4. The van der Waals surface area contributed by atoms with Gasteiger partial charge < -0.3 is 10.6 Å². The molecule has 0 unspecified atom stereocenters. The molecule has 0 bridgehead atoms. The number of rotatable bonds is 5. The lowest BCUT2D eigenvalue weighted by molar-refractivity contribution is -0.141. The molecule has 2 aromatic rings. The molecule has 0 aliphatic carbocycles. The molecule has 0 saturated carbocycles. The van der Waals surface area contributed by atoms with Crippen molar-refractivity contribution in [2.45, 2.75) is 53.3 Å². The molecule has 0 amide bonds. The van der Waals surface area contributed by atoms with Crippen LogP contribution in [0.1, 0.15) is 42.7 Å². The fourth-order valence-electron chi connectivity index (χ4n) is 2.55. The molecule has 2 N–H and O–H groups in total. The second-order valence-electron chi connectivity index (χ2n) is 6.31. The van der Waals surface area contributed by atoms with Crippen molar-refractivity contribution in [3.63, 3.8) is 0 Å². The molecule has 0 fully saturated rings. The third kappa shape index (κ3) is 4.84. The summed E-state index contributed by atoms with van der Waals surface area (Å²) in [5, 5.41) is 5.93. The third-order valence-electron chi connectivity index (χ3n) is 3.93. The van der Waals surface area contributed by atoms with Crippen LogP contribution in [0.5, 0.6) is 0 Å². The van der Waals surface area contributed by atoms with E-state index in [2.05, 4.69) is 20.6 Å². The maximum Gasteiger partial charge on any atom is 0.433 e. The summed E-state index contributed by atoms with van der Waals surface area (Å²) in [6.07, 6.45) is -3.79. The van der Waals surface area contributed by atoms with Crippen molar-refractivity contribution < 1.29 is 13.2 Å². The number of anilines is 3. The first kappa shape index (κ1) is 19.0. The molecule has 1 aromatic heterocycles. The van der Waals surface area contributed by atoms with Gasteiger partial charge in [0.25, 0.3) is 0 Å². The van der Waals surface area contributed by atoms with E-state index in [1.54, 1.807) is 0 Å². The summed E-state index contributed by atoms with van der Waals surface area (Å²) in [6, 6.07) is 4.85. The van der Waals surface area contributed by atoms with Crippen LogP contribution in [0, 0.1) is 20.8 Å². The van der Waals surface area contributed by atoms with E-state index in [1.165, 1.54) is 0 Å². The minimum atomic E-state index is -4.54. The van der Waals surface area contributed by atoms with Crippen LogP contribution in [0.4, 0.5) is 30.6 Å². The highest BCUT2D eigenvalue weighted by molar-refractivity contribution is 5.66. The second-order valence-corrected chi connectivity index (χ2v) is 6.31. The van der Waals surface area contributed by atoms with Crippen LogP contribution in [0.2, 0.25) is 0 Å². The van der Waals surface area contributed by atoms with E-state index in [0.29, 0.717) is 0 Å². The standard InChI is InChI=1S/C18H23F3N4/c1-6-13(5)22-17-23-14(18(19,20)21)9-15(25-17)24-16-11(3)7-10(2)8-12(16)4/h7-9,13H,6H2,1-5H3,(H2,22,23,24,25)/t13-/m1/s1. The highest BCUT2D eigenvalue weighted by Crippen LogP contribution is 2.32. The average molecular weight is 352 g/mol. The molecule has 0 aliphatic rings. The van der Waals surface area contributed by atoms with Crippen LogP contribution in [-0.2, 0) is 6.18 Å². The second kappa shape index (κ2) is 7.29. The van der Waals surface area contributed by atoms with Gasteiger partial charge in [0, 0.05) is 17.8 Å². The van der Waals surface area contributed by atoms with Gasteiger partial charge in [-0.15, -0.1) is 0 Å². The molecule has 1 atom stereocenters. The van der Waals surface area contributed by atoms with Gasteiger partial charge in [-0.05, 0) is 45.2 Å². The number of aryl methyl sites for hydroxylation is 3. The van der Waals surface area contributed by atoms with Crippen molar-refractivity contribution in [3.05, 3.63) is 40.6 Å². The molecule has 1 heterocycles. The predicted molar refractivity (Wildman–Crippen MR) is 94.3 cm³/mol. The minimum absolute atomic E-state index is 0.0285. The molecule has 0 saturated heterocycles. The van der Waals surface area contributed by atoms with E-state index >= 15 is 0 Å². The van der Waals surface area contributed by atoms with Crippen molar-refractivity contribution in [1.29, 1.82) is 0 Å². The Kier molecular flexibility index (Phi) is 5.55. The van der Waals surface area contributed by atoms with Crippen LogP contribution < -0.4 is 10.6 Å². The Labute approximate surface area is 145 Å². The lowest BCUT2D eigenvalue weighted by atomic mass is 10.1. The average Bonchev–Trinajstić information content (AvgIpc) is 2.49. The van der Waals surface area contributed by atoms with E-state index in [4.69, 9.17) is 0 Å². The third-order valence-corrected chi connectivity index (χ3v) is 3.93. The van der Waals surface area contributed by atoms with Crippen LogP contribution in [-0.4, -0.2) is 16.0 Å². The Balaban J connectivity index is 2.44. The first-order valence-electron chi connectivity index (χ1n) is 8.17. The first-order chi connectivity index (χ1) is 11.6. The summed E-state index contributed by atoms with van der Waals surface area (Å²) in [7, 11) is 0. The number of aromatic nitrogens is 2. The summed E-state index contributed by atoms with van der Waals surface area (Å²) >= 11 is 0. The zero-order valence-corrected chi connectivity index (χ0v) is 15.0. The van der Waals surface area contributed by atoms with E-state index in [9.17, 15) is 13.2 Å². The van der Waals surface area contributed by atoms with Gasteiger partial charge in [0.1, 0.15) is 5.82 Å². The smallest absolute Gasteiger partial charge is 0.352 e. The van der Waals surface area contributed by atoms with Crippen LogP contribution in [0.25, 0.3) is 0 Å². The highest BCUT2D eigenvalue weighted by Gasteiger charge is 2.34. The number of alkyl halides is 3. The fraction of sp³-hybridized carbons (Fsp3) is 0.444. The molecule has 2 rings (SSSR count). The quantitative estimate of drug-likeness (QED) is 0.759. The van der Waals surface area contributed by atoms with E-state index in [1.807, 2.05) is 46.8 Å². The molecule has 0 aliphatic heterocycles. The number of nitrogens with one attached hydrogen (secondary N) is 2. The molecular weight excluding hydrogens is 329 g/mol. The van der Waals surface area contributed by atoms with Gasteiger partial charge in [0.05, 0.1) is 0 Å². The molecule has 0 spiro atoms. The molecule has 136 valence electrons.